The van der Waals surface area contributed by atoms with Crippen LogP contribution >= 0.6 is 11.3 Å². The highest BCUT2D eigenvalue weighted by Gasteiger charge is 2.16. The lowest BCUT2D eigenvalue weighted by molar-refractivity contribution is -0.118. The van der Waals surface area contributed by atoms with Gasteiger partial charge in [-0.05, 0) is 30.5 Å². The van der Waals surface area contributed by atoms with Crippen molar-refractivity contribution in [2.24, 2.45) is 0 Å². The van der Waals surface area contributed by atoms with Crippen molar-refractivity contribution in [1.29, 1.82) is 0 Å². The summed E-state index contributed by atoms with van der Waals surface area (Å²) in [4.78, 5) is 17.0. The second-order valence-corrected chi connectivity index (χ2v) is 5.71. The quantitative estimate of drug-likeness (QED) is 0.738. The van der Waals surface area contributed by atoms with E-state index in [1.165, 1.54) is 11.3 Å². The third kappa shape index (κ3) is 3.54. The van der Waals surface area contributed by atoms with Gasteiger partial charge < -0.3 is 19.3 Å². The molecule has 124 valence electrons. The van der Waals surface area contributed by atoms with Crippen molar-refractivity contribution in [3.8, 4) is 22.3 Å². The summed E-state index contributed by atoms with van der Waals surface area (Å²) in [6, 6.07) is 8.92. The molecule has 0 saturated heterocycles. The van der Waals surface area contributed by atoms with Gasteiger partial charge in [-0.15, -0.1) is 11.3 Å². The number of aromatic nitrogens is 2. The van der Waals surface area contributed by atoms with Gasteiger partial charge in [0.05, 0.1) is 12.8 Å². The lowest BCUT2D eigenvalue weighted by Crippen LogP contribution is -2.20. The molecular weight excluding hydrogens is 330 g/mol. The number of rotatable bonds is 6. The zero-order valence-corrected chi connectivity index (χ0v) is 13.9. The fourth-order valence-electron chi connectivity index (χ4n) is 2.03. The van der Waals surface area contributed by atoms with Crippen LogP contribution in [0.1, 0.15) is 5.82 Å². The molecular formula is C16H15N3O4S. The molecule has 0 unspecified atom stereocenters. The first kappa shape index (κ1) is 16.0. The van der Waals surface area contributed by atoms with Crippen molar-refractivity contribution in [3.05, 3.63) is 41.5 Å². The van der Waals surface area contributed by atoms with E-state index < -0.39 is 0 Å². The van der Waals surface area contributed by atoms with Gasteiger partial charge in [0.15, 0.2) is 23.9 Å². The Morgan fingerprint density at radius 3 is 2.79 bits per heavy atom. The molecule has 0 saturated carbocycles. The number of nitrogens with one attached hydrogen (secondary N) is 1. The maximum Gasteiger partial charge on any atom is 0.270 e. The monoisotopic (exact) mass is 345 g/mol. The number of carbonyl (C=O) groups is 1. The number of methoxy groups -OCH3 is 1. The predicted octanol–water partition coefficient (Wildman–Crippen LogP) is 3.13. The van der Waals surface area contributed by atoms with E-state index in [0.29, 0.717) is 33.8 Å². The van der Waals surface area contributed by atoms with Crippen molar-refractivity contribution < 1.29 is 18.8 Å². The van der Waals surface area contributed by atoms with Gasteiger partial charge >= 0.3 is 0 Å². The Morgan fingerprint density at radius 1 is 1.29 bits per heavy atom. The van der Waals surface area contributed by atoms with E-state index in [-0.39, 0.29) is 12.5 Å². The summed E-state index contributed by atoms with van der Waals surface area (Å²) < 4.78 is 15.8. The number of benzene rings is 1. The highest BCUT2D eigenvalue weighted by molar-refractivity contribution is 7.14. The normalized spacial score (nSPS) is 10.4. The lowest BCUT2D eigenvalue weighted by atomic mass is 10.3. The SMILES string of the molecule is COc1ccccc1OCC(=O)Nc1ccsc1-c1nc(C)no1. The zero-order valence-electron chi connectivity index (χ0n) is 13.1. The Kier molecular flexibility index (Phi) is 4.76. The van der Waals surface area contributed by atoms with Crippen molar-refractivity contribution in [2.45, 2.75) is 6.92 Å². The summed E-state index contributed by atoms with van der Waals surface area (Å²) in [7, 11) is 1.55. The summed E-state index contributed by atoms with van der Waals surface area (Å²) in [6.45, 7) is 1.60. The first-order chi connectivity index (χ1) is 11.7. The molecule has 0 aliphatic rings. The molecule has 1 aromatic carbocycles. The van der Waals surface area contributed by atoms with Crippen molar-refractivity contribution in [1.82, 2.24) is 10.1 Å². The fourth-order valence-corrected chi connectivity index (χ4v) is 2.80. The number of para-hydroxylation sites is 2. The lowest BCUT2D eigenvalue weighted by Gasteiger charge is -2.10. The van der Waals surface area contributed by atoms with Gasteiger partial charge in [-0.3, -0.25) is 4.79 Å². The van der Waals surface area contributed by atoms with Gasteiger partial charge in [0.25, 0.3) is 11.8 Å². The number of hydrogen-bond acceptors (Lipinski definition) is 7. The number of anilines is 1. The van der Waals surface area contributed by atoms with E-state index in [1.807, 2.05) is 17.5 Å². The van der Waals surface area contributed by atoms with Crippen LogP contribution < -0.4 is 14.8 Å². The van der Waals surface area contributed by atoms with Crippen LogP contribution in [0, 0.1) is 6.92 Å². The van der Waals surface area contributed by atoms with E-state index >= 15 is 0 Å². The number of amides is 1. The number of ether oxygens (including phenoxy) is 2. The minimum absolute atomic E-state index is 0.140. The first-order valence-corrected chi connectivity index (χ1v) is 7.99. The van der Waals surface area contributed by atoms with E-state index in [4.69, 9.17) is 14.0 Å². The largest absolute Gasteiger partial charge is 0.493 e. The summed E-state index contributed by atoms with van der Waals surface area (Å²) in [5.74, 6) is 1.70. The Bertz CT molecular complexity index is 843. The highest BCUT2D eigenvalue weighted by Crippen LogP contribution is 2.32. The molecule has 0 radical (unpaired) electrons. The average Bonchev–Trinajstić information content (AvgIpc) is 3.21. The molecule has 0 spiro atoms. The van der Waals surface area contributed by atoms with Crippen LogP contribution in [0.3, 0.4) is 0 Å². The molecule has 0 aliphatic heterocycles. The Labute approximate surface area is 142 Å². The number of nitrogens with zero attached hydrogens (tertiary/aromatic N) is 2. The number of thiophene rings is 1. The summed E-state index contributed by atoms with van der Waals surface area (Å²) in [6.07, 6.45) is 0. The molecule has 1 amide bonds. The number of carbonyl (C=O) groups excluding carboxylic acids is 1. The van der Waals surface area contributed by atoms with Gasteiger partial charge in [0, 0.05) is 0 Å². The minimum Gasteiger partial charge on any atom is -0.493 e. The topological polar surface area (TPSA) is 86.5 Å². The Hall–Kier alpha value is -2.87. The number of aryl methyl sites for hydroxylation is 1. The summed E-state index contributed by atoms with van der Waals surface area (Å²) >= 11 is 1.41. The Balaban J connectivity index is 1.65. The van der Waals surface area contributed by atoms with E-state index in [2.05, 4.69) is 15.5 Å². The molecule has 1 N–H and O–H groups in total. The van der Waals surface area contributed by atoms with Crippen LogP contribution in [0.25, 0.3) is 10.8 Å². The molecule has 24 heavy (non-hydrogen) atoms. The first-order valence-electron chi connectivity index (χ1n) is 7.11. The van der Waals surface area contributed by atoms with Gasteiger partial charge in [-0.1, -0.05) is 17.3 Å². The van der Waals surface area contributed by atoms with Crippen LogP contribution in [-0.2, 0) is 4.79 Å². The van der Waals surface area contributed by atoms with Gasteiger partial charge in [0.2, 0.25) is 0 Å². The molecule has 2 heterocycles. The smallest absolute Gasteiger partial charge is 0.270 e. The standard InChI is InChI=1S/C16H15N3O4S/c1-10-17-16(23-19-10)15-11(7-8-24-15)18-14(20)9-22-13-6-4-3-5-12(13)21-2/h3-8H,9H2,1-2H3,(H,18,20). The third-order valence-corrected chi connectivity index (χ3v) is 3.99. The van der Waals surface area contributed by atoms with Gasteiger partial charge in [-0.2, -0.15) is 4.98 Å². The molecule has 0 atom stereocenters. The third-order valence-electron chi connectivity index (χ3n) is 3.09. The van der Waals surface area contributed by atoms with Crippen LogP contribution in [0.4, 0.5) is 5.69 Å². The second-order valence-electron chi connectivity index (χ2n) is 4.80. The number of hydrogen-bond donors (Lipinski definition) is 1. The van der Waals surface area contributed by atoms with Crippen molar-refractivity contribution >= 4 is 22.9 Å². The van der Waals surface area contributed by atoms with Crippen molar-refractivity contribution in [3.63, 3.8) is 0 Å². The fraction of sp³-hybridized carbons (Fsp3) is 0.188. The Morgan fingerprint density at radius 2 is 2.08 bits per heavy atom. The zero-order chi connectivity index (χ0) is 16.9. The molecule has 0 fully saturated rings. The molecule has 0 bridgehead atoms. The molecule has 8 heteroatoms. The van der Waals surface area contributed by atoms with Crippen LogP contribution in [0.15, 0.2) is 40.2 Å². The van der Waals surface area contributed by atoms with Crippen LogP contribution in [-0.4, -0.2) is 29.8 Å². The molecule has 7 nitrogen and oxygen atoms in total. The van der Waals surface area contributed by atoms with Crippen LogP contribution in [0.5, 0.6) is 11.5 Å². The van der Waals surface area contributed by atoms with Crippen LogP contribution in [0.2, 0.25) is 0 Å². The predicted molar refractivity (Wildman–Crippen MR) is 89.5 cm³/mol. The molecule has 3 rings (SSSR count). The van der Waals surface area contributed by atoms with E-state index in [9.17, 15) is 4.79 Å². The van der Waals surface area contributed by atoms with Crippen molar-refractivity contribution in [2.75, 3.05) is 19.0 Å². The maximum atomic E-state index is 12.1. The summed E-state index contributed by atoms with van der Waals surface area (Å²) in [5.41, 5.74) is 0.609. The molecule has 3 aromatic rings. The van der Waals surface area contributed by atoms with Gasteiger partial charge in [-0.25, -0.2) is 0 Å². The highest BCUT2D eigenvalue weighted by atomic mass is 32.1. The van der Waals surface area contributed by atoms with E-state index in [0.717, 1.165) is 0 Å². The van der Waals surface area contributed by atoms with Gasteiger partial charge in [0.1, 0.15) is 4.88 Å². The van der Waals surface area contributed by atoms with E-state index in [1.54, 1.807) is 32.2 Å². The molecule has 0 aliphatic carbocycles. The maximum absolute atomic E-state index is 12.1. The second kappa shape index (κ2) is 7.14. The summed E-state index contributed by atoms with van der Waals surface area (Å²) in [5, 5.41) is 8.38. The minimum atomic E-state index is -0.295. The average molecular weight is 345 g/mol. The molecule has 2 aromatic heterocycles.